The molecule has 3 nitrogen and oxygen atoms in total. The summed E-state index contributed by atoms with van der Waals surface area (Å²) in [4.78, 5) is 8.57. The number of anilines is 7. The van der Waals surface area contributed by atoms with E-state index in [1.807, 2.05) is 0 Å². The Balaban J connectivity index is 1.19. The molecule has 0 spiro atoms. The fourth-order valence-electron chi connectivity index (χ4n) is 16.0. The summed E-state index contributed by atoms with van der Waals surface area (Å²) in [6, 6.07) is 55.7. The van der Waals surface area contributed by atoms with Crippen molar-refractivity contribution < 1.29 is 0 Å². The van der Waals surface area contributed by atoms with E-state index in [1.165, 1.54) is 133 Å². The zero-order valence-electron chi connectivity index (χ0n) is 44.4. The van der Waals surface area contributed by atoms with Crippen molar-refractivity contribution in [3.05, 3.63) is 178 Å². The van der Waals surface area contributed by atoms with E-state index >= 15 is 0 Å². The highest BCUT2D eigenvalue weighted by Crippen LogP contribution is 2.66. The van der Waals surface area contributed by atoms with Gasteiger partial charge in [-0.2, -0.15) is 0 Å². The molecule has 2 fully saturated rings. The van der Waals surface area contributed by atoms with Crippen LogP contribution in [-0.2, 0) is 21.7 Å². The van der Waals surface area contributed by atoms with Crippen LogP contribution in [0.4, 0.5) is 39.8 Å². The van der Waals surface area contributed by atoms with Crippen LogP contribution in [0, 0.1) is 13.8 Å². The number of rotatable bonds is 4. The molecule has 0 amide bonds. The van der Waals surface area contributed by atoms with Gasteiger partial charge in [0, 0.05) is 50.5 Å². The fraction of sp³-hybridized carbons (Fsp3) is 0.373. The quantitative estimate of drug-likeness (QED) is 0.163. The zero-order valence-corrected chi connectivity index (χ0v) is 44.4. The number of para-hydroxylation sites is 1. The maximum atomic E-state index is 2.96. The molecule has 0 saturated heterocycles. The number of hydrogen-bond acceptors (Lipinski definition) is 3. The number of aryl methyl sites for hydroxylation is 2. The molecule has 7 aromatic rings. The first-order valence-electron chi connectivity index (χ1n) is 27.1. The molecule has 2 aliphatic carbocycles. The molecule has 6 aliphatic rings. The molecule has 0 bridgehead atoms. The van der Waals surface area contributed by atoms with E-state index in [2.05, 4.69) is 230 Å². The van der Waals surface area contributed by atoms with Crippen molar-refractivity contribution in [3.63, 3.8) is 0 Å². The normalized spacial score (nSPS) is 24.8. The Labute approximate surface area is 425 Å². The van der Waals surface area contributed by atoms with Gasteiger partial charge in [0.15, 0.2) is 0 Å². The van der Waals surface area contributed by atoms with Crippen molar-refractivity contribution in [3.8, 4) is 11.1 Å². The van der Waals surface area contributed by atoms with Crippen LogP contribution < -0.4 is 31.1 Å². The largest absolute Gasteiger partial charge is 0.335 e. The second kappa shape index (κ2) is 15.0. The summed E-state index contributed by atoms with van der Waals surface area (Å²) in [5, 5.41) is 0. The minimum atomic E-state index is -0.205. The maximum absolute atomic E-state index is 2.96. The van der Waals surface area contributed by atoms with E-state index in [-0.39, 0.29) is 39.5 Å². The second-order valence-corrected chi connectivity index (χ2v) is 25.5. The van der Waals surface area contributed by atoms with E-state index in [0.29, 0.717) is 0 Å². The van der Waals surface area contributed by atoms with Gasteiger partial charge >= 0.3 is 0 Å². The number of nitrogens with zero attached hydrogens (tertiary/aromatic N) is 3. The minimum absolute atomic E-state index is 0.0121. The van der Waals surface area contributed by atoms with E-state index in [4.69, 9.17) is 0 Å². The van der Waals surface area contributed by atoms with Gasteiger partial charge < -0.3 is 14.7 Å². The topological polar surface area (TPSA) is 9.72 Å². The van der Waals surface area contributed by atoms with Crippen LogP contribution in [0.3, 0.4) is 0 Å². The van der Waals surface area contributed by atoms with Crippen molar-refractivity contribution in [2.75, 3.05) is 14.7 Å². The van der Waals surface area contributed by atoms with Gasteiger partial charge in [0.25, 0.3) is 6.71 Å². The minimum Gasteiger partial charge on any atom is -0.335 e. The van der Waals surface area contributed by atoms with Gasteiger partial charge in [-0.1, -0.05) is 177 Å². The van der Waals surface area contributed by atoms with Gasteiger partial charge in [-0.25, -0.2) is 0 Å². The molecule has 0 aromatic heterocycles. The average Bonchev–Trinajstić information content (AvgIpc) is 3.72. The van der Waals surface area contributed by atoms with E-state index in [0.717, 1.165) is 19.3 Å². The van der Waals surface area contributed by atoms with Gasteiger partial charge in [0.1, 0.15) is 0 Å². The van der Waals surface area contributed by atoms with Gasteiger partial charge in [0.2, 0.25) is 0 Å². The lowest BCUT2D eigenvalue weighted by atomic mass is 9.33. The molecule has 4 unspecified atom stereocenters. The summed E-state index contributed by atoms with van der Waals surface area (Å²) >= 11 is 0. The summed E-state index contributed by atoms with van der Waals surface area (Å²) in [5.74, 6) is 0. The molecule has 7 aromatic carbocycles. The summed E-state index contributed by atoms with van der Waals surface area (Å²) in [6.45, 7) is 26.9. The smallest absolute Gasteiger partial charge is 0.252 e. The molecule has 4 aliphatic heterocycles. The first-order valence-corrected chi connectivity index (χ1v) is 27.1. The van der Waals surface area contributed by atoms with Crippen molar-refractivity contribution in [2.24, 2.45) is 0 Å². The summed E-state index contributed by atoms with van der Waals surface area (Å²) in [6.07, 6.45) is 9.58. The van der Waals surface area contributed by atoms with Gasteiger partial charge in [-0.3, -0.25) is 0 Å². The summed E-state index contributed by atoms with van der Waals surface area (Å²) in [5.41, 5.74) is 25.8. The van der Waals surface area contributed by atoms with Crippen LogP contribution in [0.2, 0.25) is 0 Å². The monoisotopic (exact) mass is 930 g/mol. The van der Waals surface area contributed by atoms with Crippen LogP contribution in [0.25, 0.3) is 11.1 Å². The van der Waals surface area contributed by atoms with Crippen LogP contribution in [-0.4, -0.2) is 17.8 Å². The highest BCUT2D eigenvalue weighted by Gasteiger charge is 2.65. The number of hydrogen-bond donors (Lipinski definition) is 0. The molecular weight excluding hydrogens is 858 g/mol. The first kappa shape index (κ1) is 44.9. The lowest BCUT2D eigenvalue weighted by Crippen LogP contribution is -2.65. The molecule has 358 valence electrons. The Morgan fingerprint density at radius 3 is 1.86 bits per heavy atom. The Morgan fingerprint density at radius 2 is 1.14 bits per heavy atom. The third kappa shape index (κ3) is 5.91. The fourth-order valence-corrected chi connectivity index (χ4v) is 16.0. The van der Waals surface area contributed by atoms with Crippen LogP contribution in [0.15, 0.2) is 140 Å². The Kier molecular flexibility index (Phi) is 9.51. The van der Waals surface area contributed by atoms with Crippen molar-refractivity contribution in [1.82, 2.24) is 0 Å². The molecule has 0 N–H and O–H groups in total. The highest BCUT2D eigenvalue weighted by molar-refractivity contribution is 7.00. The lowest BCUT2D eigenvalue weighted by Gasteiger charge is -2.55. The molecule has 2 saturated carbocycles. The Hall–Kier alpha value is -6.00. The van der Waals surface area contributed by atoms with Gasteiger partial charge in [-0.05, 0) is 162 Å². The molecule has 71 heavy (non-hydrogen) atoms. The second-order valence-electron chi connectivity index (χ2n) is 25.5. The molecule has 4 heteroatoms. The van der Waals surface area contributed by atoms with Gasteiger partial charge in [-0.15, -0.1) is 0 Å². The summed E-state index contributed by atoms with van der Waals surface area (Å²) in [7, 11) is 0. The standard InChI is InChI=1S/C67H72BN3/c1-43-37-44(2)59-56(38-43)70(65(10)34-19-18-33-64(59,65)9)49-41-57-60-58(42-49)71-61-51(67(46-25-16-13-17-26-46)36-21-20-35-66(67,71)11)27-22-28-52(61)68(60)53-40-48(63(6,7)8)30-32-55(53)69(57)54-31-29-47(62(3,4)5)39-50(54)45-23-14-12-15-24-45/h12-17,22-32,37-42H,18-21,33-36H2,1-11H3. The SMILES string of the molecule is Cc1cc(C)c2c(c1)N(c1cc3c4c(c1)N1c5c(cccc5C5(c6ccccc6)CCCCC15C)B4c1cc(C(C)(C)C)ccc1N3c1ccc(C(C)(C)C)cc1-c1ccccc1)C1(C)CCCCC21C. The Morgan fingerprint density at radius 1 is 0.507 bits per heavy atom. The predicted molar refractivity (Wildman–Crippen MR) is 304 cm³/mol. The highest BCUT2D eigenvalue weighted by atomic mass is 15.3. The van der Waals surface area contributed by atoms with E-state index < -0.39 is 0 Å². The average molecular weight is 930 g/mol. The Bertz CT molecular complexity index is 3340. The van der Waals surface area contributed by atoms with Crippen molar-refractivity contribution in [2.45, 2.75) is 160 Å². The lowest BCUT2D eigenvalue weighted by molar-refractivity contribution is 0.194. The maximum Gasteiger partial charge on any atom is 0.252 e. The number of fused-ring (bicyclic) bond motifs is 10. The first-order chi connectivity index (χ1) is 33.9. The predicted octanol–water partition coefficient (Wildman–Crippen LogP) is 15.7. The van der Waals surface area contributed by atoms with E-state index in [1.54, 1.807) is 5.56 Å². The van der Waals surface area contributed by atoms with E-state index in [9.17, 15) is 0 Å². The molecule has 0 radical (unpaired) electrons. The van der Waals surface area contributed by atoms with Crippen LogP contribution in [0.5, 0.6) is 0 Å². The van der Waals surface area contributed by atoms with Crippen molar-refractivity contribution >= 4 is 62.9 Å². The molecule has 4 atom stereocenters. The molecule has 4 heterocycles. The molecule has 13 rings (SSSR count). The summed E-state index contributed by atoms with van der Waals surface area (Å²) < 4.78 is 0. The van der Waals surface area contributed by atoms with Crippen molar-refractivity contribution in [1.29, 1.82) is 0 Å². The molecular formula is C67H72BN3. The third-order valence-electron chi connectivity index (χ3n) is 19.5. The zero-order chi connectivity index (χ0) is 49.2. The van der Waals surface area contributed by atoms with Crippen LogP contribution in [0.1, 0.15) is 153 Å². The van der Waals surface area contributed by atoms with Gasteiger partial charge in [0.05, 0.1) is 16.8 Å². The van der Waals surface area contributed by atoms with Crippen LogP contribution >= 0.6 is 0 Å². The number of benzene rings is 7. The third-order valence-corrected chi connectivity index (χ3v) is 19.5.